The van der Waals surface area contributed by atoms with E-state index in [1.54, 1.807) is 13.0 Å². The molecular formula is C31H33F3O9. The van der Waals surface area contributed by atoms with Crippen LogP contribution in [0, 0.1) is 5.92 Å². The van der Waals surface area contributed by atoms with Crippen molar-refractivity contribution in [3.63, 3.8) is 0 Å². The Hall–Kier alpha value is -4.03. The van der Waals surface area contributed by atoms with E-state index < -0.39 is 53.7 Å². The molecule has 1 aromatic heterocycles. The van der Waals surface area contributed by atoms with Crippen LogP contribution in [-0.2, 0) is 24.6 Å². The number of fused-ring (bicyclic) bond motifs is 1. The number of alkyl halides is 3. The van der Waals surface area contributed by atoms with Crippen LogP contribution in [0.1, 0.15) is 26.3 Å². The summed E-state index contributed by atoms with van der Waals surface area (Å²) in [7, 11) is 3.50. The zero-order valence-electron chi connectivity index (χ0n) is 24.5. The molecule has 5 atom stereocenters. The molecule has 0 saturated carbocycles. The fraction of sp³-hybridized carbons (Fsp3) is 0.419. The topological polar surface area (TPSA) is 106 Å². The monoisotopic (exact) mass is 606 g/mol. The fourth-order valence-corrected chi connectivity index (χ4v) is 4.91. The van der Waals surface area contributed by atoms with E-state index >= 15 is 0 Å². The van der Waals surface area contributed by atoms with Crippen LogP contribution in [0.3, 0.4) is 0 Å². The second-order valence-electron chi connectivity index (χ2n) is 10.3. The number of hydrogen-bond donors (Lipinski definition) is 0. The summed E-state index contributed by atoms with van der Waals surface area (Å²) in [4.78, 5) is 25.5. The Labute approximate surface area is 246 Å². The lowest BCUT2D eigenvalue weighted by molar-refractivity contribution is -0.279. The Kier molecular flexibility index (Phi) is 9.41. The van der Waals surface area contributed by atoms with Crippen LogP contribution in [0.5, 0.6) is 17.2 Å². The van der Waals surface area contributed by atoms with Gasteiger partial charge in [0.2, 0.25) is 11.5 Å². The molecule has 0 aliphatic carbocycles. The minimum atomic E-state index is -5.17. The summed E-state index contributed by atoms with van der Waals surface area (Å²) in [6, 6.07) is 10.8. The van der Waals surface area contributed by atoms with Gasteiger partial charge < -0.3 is 32.8 Å². The zero-order chi connectivity index (χ0) is 31.5. The first kappa shape index (κ1) is 31.9. The molecule has 0 radical (unpaired) electrons. The third-order valence-electron chi connectivity index (χ3n) is 7.20. The van der Waals surface area contributed by atoms with Crippen molar-refractivity contribution in [1.82, 2.24) is 0 Å². The molecule has 0 unspecified atom stereocenters. The number of halogens is 3. The molecule has 12 heteroatoms. The van der Waals surface area contributed by atoms with Gasteiger partial charge in [-0.1, -0.05) is 48.9 Å². The lowest BCUT2D eigenvalue weighted by Gasteiger charge is -2.34. The van der Waals surface area contributed by atoms with Crippen molar-refractivity contribution >= 4 is 16.9 Å². The molecule has 1 fully saturated rings. The number of ether oxygens (including phenoxy) is 6. The third kappa shape index (κ3) is 6.35. The largest absolute Gasteiger partial charge is 0.493 e. The number of carbonyl (C=O) groups excluding carboxylic acids is 1. The van der Waals surface area contributed by atoms with Gasteiger partial charge in [0.05, 0.1) is 20.3 Å². The van der Waals surface area contributed by atoms with Gasteiger partial charge in [0.25, 0.3) is 5.60 Å². The molecule has 9 nitrogen and oxygen atoms in total. The van der Waals surface area contributed by atoms with Crippen molar-refractivity contribution < 1.29 is 50.8 Å². The van der Waals surface area contributed by atoms with Gasteiger partial charge >= 0.3 is 17.8 Å². The van der Waals surface area contributed by atoms with Crippen molar-refractivity contribution in [1.29, 1.82) is 0 Å². The molecule has 2 aromatic carbocycles. The van der Waals surface area contributed by atoms with Crippen LogP contribution in [0.15, 0.2) is 69.4 Å². The number of carbonyl (C=O) groups is 1. The highest BCUT2D eigenvalue weighted by Crippen LogP contribution is 2.46. The molecule has 0 bridgehead atoms. The van der Waals surface area contributed by atoms with Gasteiger partial charge in [0.1, 0.15) is 18.8 Å². The summed E-state index contributed by atoms with van der Waals surface area (Å²) in [6.07, 6.45) is -5.34. The van der Waals surface area contributed by atoms with E-state index in [9.17, 15) is 22.8 Å². The number of hydrogen-bond acceptors (Lipinski definition) is 9. The molecule has 1 aliphatic rings. The number of benzene rings is 2. The first-order chi connectivity index (χ1) is 20.4. The Bertz CT molecular complexity index is 1530. The second-order valence-corrected chi connectivity index (χ2v) is 10.3. The van der Waals surface area contributed by atoms with Crippen LogP contribution in [0.4, 0.5) is 13.2 Å². The van der Waals surface area contributed by atoms with Crippen LogP contribution in [-0.4, -0.2) is 58.4 Å². The van der Waals surface area contributed by atoms with E-state index in [4.69, 9.17) is 32.8 Å². The quantitative estimate of drug-likeness (QED) is 0.113. The summed E-state index contributed by atoms with van der Waals surface area (Å²) >= 11 is 0. The fourth-order valence-electron chi connectivity index (χ4n) is 4.91. The average molecular weight is 607 g/mol. The third-order valence-corrected chi connectivity index (χ3v) is 7.20. The van der Waals surface area contributed by atoms with Gasteiger partial charge in [-0.2, -0.15) is 13.2 Å². The molecule has 2 heterocycles. The highest BCUT2D eigenvalue weighted by atomic mass is 19.4. The SMILES string of the molecule is COc1cc2ccc(=O)oc2c(OC)c1OC[C@H](OC(=O)[C@](OC)(c1ccccc1)C(F)(F)F)[C@@H](C)[C@@H]1O[C@H]1C=C(C)C. The van der Waals surface area contributed by atoms with E-state index in [1.807, 2.05) is 19.9 Å². The Morgan fingerprint density at radius 2 is 1.72 bits per heavy atom. The number of rotatable bonds is 12. The van der Waals surface area contributed by atoms with E-state index in [1.165, 1.54) is 44.6 Å². The maximum Gasteiger partial charge on any atom is 0.432 e. The van der Waals surface area contributed by atoms with E-state index in [2.05, 4.69) is 0 Å². The normalized spacial score (nSPS) is 19.1. The van der Waals surface area contributed by atoms with Crippen LogP contribution in [0.25, 0.3) is 11.0 Å². The molecule has 0 spiro atoms. The van der Waals surface area contributed by atoms with Crippen molar-refractivity contribution in [2.24, 2.45) is 5.92 Å². The van der Waals surface area contributed by atoms with Gasteiger partial charge in [0, 0.05) is 30.0 Å². The minimum absolute atomic E-state index is 0.00505. The van der Waals surface area contributed by atoms with Gasteiger partial charge in [-0.3, -0.25) is 0 Å². The molecule has 1 saturated heterocycles. The zero-order valence-corrected chi connectivity index (χ0v) is 24.5. The molecule has 4 rings (SSSR count). The summed E-state index contributed by atoms with van der Waals surface area (Å²) in [5, 5.41) is 0.478. The van der Waals surface area contributed by atoms with Crippen molar-refractivity contribution in [2.75, 3.05) is 27.9 Å². The summed E-state index contributed by atoms with van der Waals surface area (Å²) < 4.78 is 82.4. The lowest BCUT2D eigenvalue weighted by atomic mass is 9.92. The molecule has 43 heavy (non-hydrogen) atoms. The molecule has 1 aliphatic heterocycles. The van der Waals surface area contributed by atoms with Crippen molar-refractivity contribution in [3.8, 4) is 17.2 Å². The maximum absolute atomic E-state index is 14.6. The number of methoxy groups -OCH3 is 3. The van der Waals surface area contributed by atoms with Crippen LogP contribution >= 0.6 is 0 Å². The van der Waals surface area contributed by atoms with Crippen molar-refractivity contribution in [3.05, 3.63) is 76.2 Å². The van der Waals surface area contributed by atoms with E-state index in [0.717, 1.165) is 24.8 Å². The average Bonchev–Trinajstić information content (AvgIpc) is 3.72. The maximum atomic E-state index is 14.6. The summed E-state index contributed by atoms with van der Waals surface area (Å²) in [5.74, 6) is -2.10. The first-order valence-corrected chi connectivity index (χ1v) is 13.4. The van der Waals surface area contributed by atoms with E-state index in [-0.39, 0.29) is 28.9 Å². The summed E-state index contributed by atoms with van der Waals surface area (Å²) in [6.45, 7) is 5.02. The number of esters is 1. The van der Waals surface area contributed by atoms with Gasteiger partial charge in [-0.05, 0) is 26.0 Å². The number of allylic oxidation sites excluding steroid dienone is 1. The Morgan fingerprint density at radius 1 is 1.02 bits per heavy atom. The highest BCUT2D eigenvalue weighted by molar-refractivity contribution is 5.88. The standard InChI is InChI=1S/C31H33F3O9/c1-17(2)14-22-25(41-22)18(3)23(42-29(36)30(39-6,31(32,33)34)20-10-8-7-9-11-20)16-40-27-21(37-4)15-19-12-13-24(35)43-26(19)28(27)38-5/h7-15,18,22-23,25H,16H2,1-6H3/t18-,22+,23+,25+,30-/m1/s1. The Balaban J connectivity index is 1.73. The molecule has 3 aromatic rings. The smallest absolute Gasteiger partial charge is 0.432 e. The van der Waals surface area contributed by atoms with Crippen LogP contribution < -0.4 is 19.8 Å². The second kappa shape index (κ2) is 12.7. The highest BCUT2D eigenvalue weighted by Gasteiger charge is 2.64. The van der Waals surface area contributed by atoms with Gasteiger partial charge in [0.15, 0.2) is 11.3 Å². The van der Waals surface area contributed by atoms with E-state index in [0.29, 0.717) is 5.39 Å². The molecule has 0 N–H and O–H groups in total. The van der Waals surface area contributed by atoms with Gasteiger partial charge in [-0.15, -0.1) is 0 Å². The predicted octanol–water partition coefficient (Wildman–Crippen LogP) is 5.57. The number of epoxide rings is 1. The van der Waals surface area contributed by atoms with Crippen molar-refractivity contribution in [2.45, 2.75) is 50.9 Å². The Morgan fingerprint density at radius 3 is 2.30 bits per heavy atom. The first-order valence-electron chi connectivity index (χ1n) is 13.4. The van der Waals surface area contributed by atoms with Crippen LogP contribution in [0.2, 0.25) is 0 Å². The predicted molar refractivity (Wildman–Crippen MR) is 149 cm³/mol. The minimum Gasteiger partial charge on any atom is -0.493 e. The summed E-state index contributed by atoms with van der Waals surface area (Å²) in [5.41, 5.74) is -3.43. The molecule has 232 valence electrons. The van der Waals surface area contributed by atoms with Gasteiger partial charge in [-0.25, -0.2) is 9.59 Å². The molecule has 0 amide bonds. The molecular weight excluding hydrogens is 573 g/mol. The lowest BCUT2D eigenvalue weighted by Crippen LogP contribution is -2.53.